The highest BCUT2D eigenvalue weighted by molar-refractivity contribution is 7.98. The molecule has 1 fully saturated rings. The number of carbonyl (C=O) groups excluding carboxylic acids is 1. The molecule has 4 rings (SSSR count). The molecule has 0 unspecified atom stereocenters. The summed E-state index contributed by atoms with van der Waals surface area (Å²) < 4.78 is 68.2. The van der Waals surface area contributed by atoms with Crippen molar-refractivity contribution >= 4 is 44.2 Å². The Morgan fingerprint density at radius 2 is 1.86 bits per heavy atom. The summed E-state index contributed by atoms with van der Waals surface area (Å²) in [6.45, 7) is 3.97. The van der Waals surface area contributed by atoms with Crippen molar-refractivity contribution in [3.8, 4) is 0 Å². The zero-order valence-corrected chi connectivity index (χ0v) is 26.0. The minimum absolute atomic E-state index is 0.0997. The second-order valence-corrected chi connectivity index (χ2v) is 14.1. The molecule has 2 N–H and O–H groups in total. The minimum atomic E-state index is -4.51. The van der Waals surface area contributed by atoms with Crippen LogP contribution in [0.3, 0.4) is 0 Å². The Labute approximate surface area is 249 Å². The summed E-state index contributed by atoms with van der Waals surface area (Å²) in [4.78, 5) is 16.5. The molecule has 1 aliphatic rings. The topological polar surface area (TPSA) is 96.3 Å². The Bertz CT molecular complexity index is 1510. The molecule has 1 amide bonds. The van der Waals surface area contributed by atoms with Gasteiger partial charge in [-0.05, 0) is 94.8 Å². The van der Waals surface area contributed by atoms with E-state index in [1.807, 2.05) is 13.3 Å². The third-order valence-electron chi connectivity index (χ3n) is 8.14. The average Bonchev–Trinajstić information content (AvgIpc) is 3.26. The summed E-state index contributed by atoms with van der Waals surface area (Å²) in [6.07, 6.45) is -0.555. The van der Waals surface area contributed by atoms with Crippen molar-refractivity contribution in [1.82, 2.24) is 20.0 Å². The Balaban J connectivity index is 1.49. The number of anilines is 1. The van der Waals surface area contributed by atoms with Gasteiger partial charge in [0.2, 0.25) is 5.91 Å². The average molecular weight is 626 g/mol. The molecule has 13 heteroatoms. The molecule has 8 nitrogen and oxygen atoms in total. The van der Waals surface area contributed by atoms with Gasteiger partial charge < -0.3 is 15.5 Å². The maximum atomic E-state index is 13.4. The zero-order chi connectivity index (χ0) is 30.8. The van der Waals surface area contributed by atoms with Gasteiger partial charge in [0.1, 0.15) is 0 Å². The third-order valence-corrected chi connectivity index (χ3v) is 10.7. The molecule has 1 heterocycles. The smallest absolute Gasteiger partial charge is 0.359 e. The number of aromatic nitrogens is 2. The Morgan fingerprint density at radius 1 is 1.17 bits per heavy atom. The van der Waals surface area contributed by atoms with Gasteiger partial charge in [0.15, 0.2) is 15.7 Å². The van der Waals surface area contributed by atoms with Crippen molar-refractivity contribution in [3.05, 3.63) is 48.0 Å². The molecule has 0 aliphatic heterocycles. The van der Waals surface area contributed by atoms with E-state index in [9.17, 15) is 26.4 Å². The minimum Gasteiger partial charge on any atom is -0.359 e. The largest absolute Gasteiger partial charge is 0.416 e. The van der Waals surface area contributed by atoms with E-state index in [1.54, 1.807) is 31.3 Å². The maximum Gasteiger partial charge on any atom is 0.416 e. The zero-order valence-electron chi connectivity index (χ0n) is 24.4. The summed E-state index contributed by atoms with van der Waals surface area (Å²) in [6, 6.07) is 10.3. The number of aryl methyl sites for hydroxylation is 1. The summed E-state index contributed by atoms with van der Waals surface area (Å²) in [5.41, 5.74) is -0.305. The molecule has 1 saturated carbocycles. The van der Waals surface area contributed by atoms with Gasteiger partial charge in [0.05, 0.1) is 28.3 Å². The number of benzene rings is 2. The van der Waals surface area contributed by atoms with E-state index < -0.39 is 21.6 Å². The van der Waals surface area contributed by atoms with Crippen LogP contribution in [0.5, 0.6) is 0 Å². The highest BCUT2D eigenvalue weighted by Crippen LogP contribution is 2.34. The fourth-order valence-corrected chi connectivity index (χ4v) is 7.64. The van der Waals surface area contributed by atoms with Crippen molar-refractivity contribution in [1.29, 1.82) is 0 Å². The first kappa shape index (κ1) is 32.2. The van der Waals surface area contributed by atoms with Gasteiger partial charge in [-0.2, -0.15) is 18.3 Å². The third kappa shape index (κ3) is 7.41. The predicted octanol–water partition coefficient (Wildman–Crippen LogP) is 5.19. The van der Waals surface area contributed by atoms with Crippen LogP contribution in [0.4, 0.5) is 19.0 Å². The molecule has 1 aromatic heterocycles. The molecule has 3 aromatic rings. The molecular formula is C29H38F3N5O3S2. The van der Waals surface area contributed by atoms with Gasteiger partial charge in [-0.3, -0.25) is 9.48 Å². The van der Waals surface area contributed by atoms with Crippen LogP contribution in [0.1, 0.15) is 38.7 Å². The Hall–Kier alpha value is -2.77. The fraction of sp³-hybridized carbons (Fsp3) is 0.517. The van der Waals surface area contributed by atoms with E-state index >= 15 is 0 Å². The highest BCUT2D eigenvalue weighted by atomic mass is 32.2. The van der Waals surface area contributed by atoms with Crippen LogP contribution in [0.25, 0.3) is 10.9 Å². The Morgan fingerprint density at radius 3 is 2.48 bits per heavy atom. The first-order valence-electron chi connectivity index (χ1n) is 13.9. The summed E-state index contributed by atoms with van der Waals surface area (Å²) in [5.74, 6) is -0.626. The molecule has 1 aliphatic carbocycles. The summed E-state index contributed by atoms with van der Waals surface area (Å²) in [7, 11) is 0.0368. The number of thioether (sulfide) groups is 1. The highest BCUT2D eigenvalue weighted by Gasteiger charge is 2.37. The van der Waals surface area contributed by atoms with Crippen molar-refractivity contribution in [2.75, 3.05) is 30.9 Å². The first-order valence-corrected chi connectivity index (χ1v) is 16.7. The molecule has 2 aromatic carbocycles. The number of nitrogens with one attached hydrogen (secondary N) is 2. The van der Waals surface area contributed by atoms with Crippen LogP contribution in [-0.4, -0.2) is 72.7 Å². The molecule has 0 saturated heterocycles. The van der Waals surface area contributed by atoms with Crippen molar-refractivity contribution < 1.29 is 26.4 Å². The van der Waals surface area contributed by atoms with E-state index in [0.717, 1.165) is 23.4 Å². The van der Waals surface area contributed by atoms with Gasteiger partial charge in [-0.1, -0.05) is 0 Å². The molecule has 3 atom stereocenters. The van der Waals surface area contributed by atoms with E-state index in [0.29, 0.717) is 18.4 Å². The van der Waals surface area contributed by atoms with E-state index in [4.69, 9.17) is 0 Å². The predicted molar refractivity (Wildman–Crippen MR) is 160 cm³/mol. The van der Waals surface area contributed by atoms with Crippen LogP contribution >= 0.6 is 11.8 Å². The first-order chi connectivity index (χ1) is 19.7. The van der Waals surface area contributed by atoms with Gasteiger partial charge in [-0.15, -0.1) is 11.8 Å². The van der Waals surface area contributed by atoms with E-state index in [-0.39, 0.29) is 58.3 Å². The van der Waals surface area contributed by atoms with E-state index in [1.165, 1.54) is 22.5 Å². The van der Waals surface area contributed by atoms with Gasteiger partial charge in [-0.25, -0.2) is 8.42 Å². The lowest BCUT2D eigenvalue weighted by Crippen LogP contribution is -2.51. The standard InChI is InChI=1S/C29H38F3N5O3S2/c1-18(2)36(3)21-7-12-25(19(14-21)17-42(39,40)23-10-8-22(41-5)9-11-23)34-27(38)16-33-28-24-15-20(29(30,31)32)6-13-26(24)37(4)35-28/h6,8-11,13,15,18-19,21,25H,7,12,14,16-17H2,1-5H3,(H,33,35)(H,34,38)/t19-,21+,25+/m1/s1. The van der Waals surface area contributed by atoms with Crippen LogP contribution < -0.4 is 10.6 Å². The molecular weight excluding hydrogens is 587 g/mol. The van der Waals surface area contributed by atoms with Crippen LogP contribution in [0.2, 0.25) is 0 Å². The second-order valence-electron chi connectivity index (χ2n) is 11.2. The number of carbonyl (C=O) groups is 1. The summed E-state index contributed by atoms with van der Waals surface area (Å²) >= 11 is 1.53. The molecule has 0 radical (unpaired) electrons. The number of nitrogens with zero attached hydrogens (tertiary/aromatic N) is 3. The fourth-order valence-electron chi connectivity index (χ4n) is 5.56. The number of amides is 1. The normalized spacial score (nSPS) is 19.9. The number of alkyl halides is 3. The number of hydrogen-bond donors (Lipinski definition) is 2. The van der Waals surface area contributed by atoms with Gasteiger partial charge in [0.25, 0.3) is 0 Å². The van der Waals surface area contributed by atoms with E-state index in [2.05, 4.69) is 34.5 Å². The maximum absolute atomic E-state index is 13.4. The lowest BCUT2D eigenvalue weighted by atomic mass is 9.81. The van der Waals surface area contributed by atoms with Crippen molar-refractivity contribution in [2.24, 2.45) is 13.0 Å². The quantitative estimate of drug-likeness (QED) is 0.299. The molecule has 0 spiro atoms. The molecule has 0 bridgehead atoms. The van der Waals surface area contributed by atoms with Crippen LogP contribution in [0, 0.1) is 5.92 Å². The van der Waals surface area contributed by atoms with Crippen LogP contribution in [0.15, 0.2) is 52.3 Å². The van der Waals surface area contributed by atoms with Crippen LogP contribution in [-0.2, 0) is 27.9 Å². The summed E-state index contributed by atoms with van der Waals surface area (Å²) in [5, 5.41) is 10.4. The Kier molecular flexibility index (Phi) is 9.83. The lowest BCUT2D eigenvalue weighted by molar-refractivity contribution is -0.137. The van der Waals surface area contributed by atoms with Crippen molar-refractivity contribution in [2.45, 2.75) is 67.2 Å². The molecule has 230 valence electrons. The lowest BCUT2D eigenvalue weighted by Gasteiger charge is -2.41. The second kappa shape index (κ2) is 12.8. The number of rotatable bonds is 10. The monoisotopic (exact) mass is 625 g/mol. The van der Waals surface area contributed by atoms with Gasteiger partial charge >= 0.3 is 6.18 Å². The van der Waals surface area contributed by atoms with Crippen molar-refractivity contribution in [3.63, 3.8) is 0 Å². The van der Waals surface area contributed by atoms with Gasteiger partial charge in [0, 0.05) is 35.5 Å². The molecule has 42 heavy (non-hydrogen) atoms. The SMILES string of the molecule is CSc1ccc(S(=O)(=O)C[C@H]2C[C@@H](N(C)C(C)C)CC[C@@H]2NC(=O)CNc2nn(C)c3ccc(C(F)(F)F)cc23)cc1. The number of halogens is 3. The number of hydrogen-bond acceptors (Lipinski definition) is 7. The number of fused-ring (bicyclic) bond motifs is 1. The number of sulfone groups is 1.